The summed E-state index contributed by atoms with van der Waals surface area (Å²) in [6.45, 7) is 6.57. The van der Waals surface area contributed by atoms with Gasteiger partial charge in [-0.25, -0.2) is 4.98 Å². The first-order valence-electron chi connectivity index (χ1n) is 13.5. The number of nitrogens with zero attached hydrogens (tertiary/aromatic N) is 4. The van der Waals surface area contributed by atoms with Gasteiger partial charge in [0.2, 0.25) is 5.95 Å². The van der Waals surface area contributed by atoms with Gasteiger partial charge < -0.3 is 15.0 Å². The van der Waals surface area contributed by atoms with Crippen molar-refractivity contribution in [1.29, 1.82) is 0 Å². The molecule has 1 aliphatic heterocycles. The Hall–Kier alpha value is -3.09. The molecule has 6 rings (SSSR count). The molecule has 2 aliphatic rings. The Morgan fingerprint density at radius 3 is 2.62 bits per heavy atom. The summed E-state index contributed by atoms with van der Waals surface area (Å²) in [6.07, 6.45) is 11.4. The summed E-state index contributed by atoms with van der Waals surface area (Å²) in [5.74, 6) is 1.31. The molecule has 1 unspecified atom stereocenters. The molecule has 0 radical (unpaired) electrons. The molecule has 2 aromatic heterocycles. The molecule has 0 bridgehead atoms. The highest BCUT2D eigenvalue weighted by molar-refractivity contribution is 6.30. The van der Waals surface area contributed by atoms with E-state index < -0.39 is 0 Å². The molecule has 1 fully saturated rings. The first-order chi connectivity index (χ1) is 18.0. The molecule has 37 heavy (non-hydrogen) atoms. The van der Waals surface area contributed by atoms with E-state index in [0.717, 1.165) is 47.0 Å². The van der Waals surface area contributed by atoms with E-state index in [1.165, 1.54) is 49.9 Å². The number of hydrogen-bond donors (Lipinski definition) is 1. The molecule has 6 nitrogen and oxygen atoms in total. The quantitative estimate of drug-likeness (QED) is 0.282. The first-order valence-corrected chi connectivity index (χ1v) is 13.8. The Bertz CT molecular complexity index is 1410. The van der Waals surface area contributed by atoms with Gasteiger partial charge in [0.25, 0.3) is 0 Å². The van der Waals surface area contributed by atoms with Crippen LogP contribution in [-0.2, 0) is 12.8 Å². The largest absolute Gasteiger partial charge is 0.489 e. The SMILES string of the molecule is CC(C)Oc1cc(Cl)ccc1-n1ccc2cnc(Nc3ccc4c(c3)CCC(N3CCCC3)CC4)nc21. The molecule has 4 aromatic rings. The number of ether oxygens (including phenoxy) is 1. The smallest absolute Gasteiger partial charge is 0.229 e. The molecule has 0 saturated carbocycles. The van der Waals surface area contributed by atoms with E-state index in [2.05, 4.69) is 33.4 Å². The van der Waals surface area contributed by atoms with E-state index >= 15 is 0 Å². The summed E-state index contributed by atoms with van der Waals surface area (Å²) in [7, 11) is 0. The third kappa shape index (κ3) is 5.18. The van der Waals surface area contributed by atoms with Crippen molar-refractivity contribution in [3.63, 3.8) is 0 Å². The monoisotopic (exact) mass is 515 g/mol. The van der Waals surface area contributed by atoms with Gasteiger partial charge in [-0.15, -0.1) is 0 Å². The second-order valence-corrected chi connectivity index (χ2v) is 11.0. The van der Waals surface area contributed by atoms with Crippen molar-refractivity contribution in [2.24, 2.45) is 0 Å². The van der Waals surface area contributed by atoms with Crippen LogP contribution in [0.4, 0.5) is 11.6 Å². The van der Waals surface area contributed by atoms with E-state index in [1.807, 2.05) is 55.1 Å². The van der Waals surface area contributed by atoms with Crippen molar-refractivity contribution in [3.8, 4) is 11.4 Å². The van der Waals surface area contributed by atoms with Crippen molar-refractivity contribution in [2.45, 2.75) is 64.5 Å². The zero-order valence-corrected chi connectivity index (χ0v) is 22.3. The molecule has 0 spiro atoms. The number of aryl methyl sites for hydroxylation is 2. The number of halogens is 1. The van der Waals surface area contributed by atoms with E-state index in [1.54, 1.807) is 0 Å². The van der Waals surface area contributed by atoms with Crippen LogP contribution in [0.1, 0.15) is 50.7 Å². The molecule has 3 heterocycles. The number of aromatic nitrogens is 3. The normalized spacial score (nSPS) is 18.2. The van der Waals surface area contributed by atoms with E-state index in [9.17, 15) is 0 Å². The van der Waals surface area contributed by atoms with Crippen LogP contribution in [0.3, 0.4) is 0 Å². The summed E-state index contributed by atoms with van der Waals surface area (Å²) in [5, 5.41) is 5.06. The average molecular weight is 516 g/mol. The van der Waals surface area contributed by atoms with Gasteiger partial charge in [0.15, 0.2) is 0 Å². The predicted octanol–water partition coefficient (Wildman–Crippen LogP) is 6.95. The van der Waals surface area contributed by atoms with Crippen LogP contribution in [-0.4, -0.2) is 44.7 Å². The Morgan fingerprint density at radius 2 is 1.81 bits per heavy atom. The Kier molecular flexibility index (Phi) is 6.78. The maximum Gasteiger partial charge on any atom is 0.229 e. The summed E-state index contributed by atoms with van der Waals surface area (Å²) in [5.41, 5.74) is 5.68. The number of anilines is 2. The number of benzene rings is 2. The molecule has 1 N–H and O–H groups in total. The van der Waals surface area contributed by atoms with Crippen LogP contribution < -0.4 is 10.1 Å². The van der Waals surface area contributed by atoms with Gasteiger partial charge in [-0.1, -0.05) is 17.7 Å². The Balaban J connectivity index is 1.25. The highest BCUT2D eigenvalue weighted by Crippen LogP contribution is 2.32. The van der Waals surface area contributed by atoms with E-state index in [-0.39, 0.29) is 6.10 Å². The predicted molar refractivity (Wildman–Crippen MR) is 151 cm³/mol. The molecular formula is C30H34ClN5O. The second kappa shape index (κ2) is 10.3. The highest BCUT2D eigenvalue weighted by atomic mass is 35.5. The van der Waals surface area contributed by atoms with Crippen molar-refractivity contribution >= 4 is 34.3 Å². The van der Waals surface area contributed by atoms with Gasteiger partial charge in [-0.3, -0.25) is 4.57 Å². The minimum Gasteiger partial charge on any atom is -0.489 e. The van der Waals surface area contributed by atoms with Crippen molar-refractivity contribution in [3.05, 3.63) is 71.0 Å². The van der Waals surface area contributed by atoms with Crippen LogP contribution >= 0.6 is 11.6 Å². The fraction of sp³-hybridized carbons (Fsp3) is 0.400. The lowest BCUT2D eigenvalue weighted by Crippen LogP contribution is -2.32. The van der Waals surface area contributed by atoms with Crippen LogP contribution in [0.25, 0.3) is 16.7 Å². The molecule has 192 valence electrons. The zero-order chi connectivity index (χ0) is 25.4. The minimum absolute atomic E-state index is 0.0322. The Morgan fingerprint density at radius 1 is 1.00 bits per heavy atom. The highest BCUT2D eigenvalue weighted by Gasteiger charge is 2.24. The summed E-state index contributed by atoms with van der Waals surface area (Å²) in [6, 6.07) is 15.2. The lowest BCUT2D eigenvalue weighted by Gasteiger charge is -2.25. The first kappa shape index (κ1) is 24.3. The molecule has 0 amide bonds. The molecule has 1 aliphatic carbocycles. The lowest BCUT2D eigenvalue weighted by molar-refractivity contribution is 0.222. The van der Waals surface area contributed by atoms with E-state index in [0.29, 0.717) is 11.0 Å². The number of fused-ring (bicyclic) bond motifs is 2. The van der Waals surface area contributed by atoms with Gasteiger partial charge in [-0.2, -0.15) is 4.98 Å². The molecule has 2 aromatic carbocycles. The van der Waals surface area contributed by atoms with E-state index in [4.69, 9.17) is 21.3 Å². The van der Waals surface area contributed by atoms with Crippen molar-refractivity contribution in [2.75, 3.05) is 18.4 Å². The van der Waals surface area contributed by atoms with Crippen LogP contribution in [0.5, 0.6) is 5.75 Å². The number of nitrogens with one attached hydrogen (secondary N) is 1. The lowest BCUT2D eigenvalue weighted by atomic mass is 10.0. The van der Waals surface area contributed by atoms with Gasteiger partial charge in [0, 0.05) is 40.6 Å². The summed E-state index contributed by atoms with van der Waals surface area (Å²) in [4.78, 5) is 12.2. The third-order valence-electron chi connectivity index (χ3n) is 7.58. The zero-order valence-electron chi connectivity index (χ0n) is 21.6. The molecule has 7 heteroatoms. The maximum absolute atomic E-state index is 6.27. The minimum atomic E-state index is 0.0322. The van der Waals surface area contributed by atoms with Crippen LogP contribution in [0, 0.1) is 0 Å². The fourth-order valence-corrected chi connectivity index (χ4v) is 5.94. The maximum atomic E-state index is 6.27. The molecular weight excluding hydrogens is 482 g/mol. The second-order valence-electron chi connectivity index (χ2n) is 10.5. The van der Waals surface area contributed by atoms with Gasteiger partial charge in [0.1, 0.15) is 11.4 Å². The van der Waals surface area contributed by atoms with Crippen molar-refractivity contribution < 1.29 is 4.74 Å². The summed E-state index contributed by atoms with van der Waals surface area (Å²) >= 11 is 6.27. The molecule has 1 saturated heterocycles. The van der Waals surface area contributed by atoms with Gasteiger partial charge in [-0.05, 0) is 107 Å². The van der Waals surface area contributed by atoms with Gasteiger partial charge >= 0.3 is 0 Å². The summed E-state index contributed by atoms with van der Waals surface area (Å²) < 4.78 is 8.09. The average Bonchev–Trinajstić information content (AvgIpc) is 3.51. The van der Waals surface area contributed by atoms with Crippen LogP contribution in [0.15, 0.2) is 54.9 Å². The fourth-order valence-electron chi connectivity index (χ4n) is 5.78. The number of rotatable bonds is 6. The topological polar surface area (TPSA) is 55.2 Å². The third-order valence-corrected chi connectivity index (χ3v) is 7.82. The van der Waals surface area contributed by atoms with Crippen molar-refractivity contribution in [1.82, 2.24) is 19.4 Å². The van der Waals surface area contributed by atoms with Crippen LogP contribution in [0.2, 0.25) is 5.02 Å². The standard InChI is InChI=1S/C30H34ClN5O/c1-20(2)37-28-18-24(31)8-12-27(28)36-16-13-23-19-32-30(34-29(23)36)33-25-9-5-21-6-10-26(11-7-22(21)17-25)35-14-3-4-15-35/h5,8-9,12-13,16-20,26H,3-4,6-7,10-11,14-15H2,1-2H3,(H,32,33,34). The number of hydrogen-bond acceptors (Lipinski definition) is 5. The number of likely N-dealkylation sites (tertiary alicyclic amines) is 1. The van der Waals surface area contributed by atoms with Gasteiger partial charge in [0.05, 0.1) is 11.8 Å². The Labute approximate surface area is 223 Å². The molecule has 1 atom stereocenters.